The number of nitrogens with one attached hydrogen (secondary N) is 1. The smallest absolute Gasteiger partial charge is 0.0693 e. The van der Waals surface area contributed by atoms with Gasteiger partial charge in [-0.25, -0.2) is 0 Å². The molecular formula is C11H23NO. The van der Waals surface area contributed by atoms with Gasteiger partial charge in [-0.15, -0.1) is 0 Å². The standard InChI is InChI=1S/C11H23NO/c1-8(2)9(3)7-12-10-5-4-6-11(10)13/h8-13H,4-7H2,1-3H3. The molecule has 3 unspecified atom stereocenters. The molecule has 0 spiro atoms. The molecule has 78 valence electrons. The SMILES string of the molecule is CC(C)C(C)CNC1CCCC1O. The lowest BCUT2D eigenvalue weighted by molar-refractivity contribution is 0.145. The lowest BCUT2D eigenvalue weighted by atomic mass is 9.98. The normalized spacial score (nSPS) is 31.2. The predicted molar refractivity (Wildman–Crippen MR) is 55.7 cm³/mol. The minimum atomic E-state index is -0.0978. The minimum Gasteiger partial charge on any atom is -0.392 e. The quantitative estimate of drug-likeness (QED) is 0.700. The summed E-state index contributed by atoms with van der Waals surface area (Å²) in [6.07, 6.45) is 3.20. The van der Waals surface area contributed by atoms with E-state index < -0.39 is 0 Å². The van der Waals surface area contributed by atoms with Gasteiger partial charge < -0.3 is 10.4 Å². The van der Waals surface area contributed by atoms with E-state index in [-0.39, 0.29) is 6.10 Å². The summed E-state index contributed by atoms with van der Waals surface area (Å²) in [6, 6.07) is 0.362. The van der Waals surface area contributed by atoms with E-state index in [0.717, 1.165) is 25.3 Å². The van der Waals surface area contributed by atoms with E-state index >= 15 is 0 Å². The van der Waals surface area contributed by atoms with Crippen LogP contribution in [0.4, 0.5) is 0 Å². The Morgan fingerprint density at radius 3 is 2.46 bits per heavy atom. The van der Waals surface area contributed by atoms with Crippen LogP contribution in [0.1, 0.15) is 40.0 Å². The van der Waals surface area contributed by atoms with Crippen molar-refractivity contribution in [1.29, 1.82) is 0 Å². The molecule has 0 aliphatic heterocycles. The van der Waals surface area contributed by atoms with Crippen LogP contribution >= 0.6 is 0 Å². The second-order valence-corrected chi connectivity index (χ2v) is 4.73. The van der Waals surface area contributed by atoms with Crippen molar-refractivity contribution in [2.75, 3.05) is 6.54 Å². The number of aliphatic hydroxyl groups is 1. The maximum Gasteiger partial charge on any atom is 0.0693 e. The van der Waals surface area contributed by atoms with Crippen LogP contribution in [0.5, 0.6) is 0 Å². The highest BCUT2D eigenvalue weighted by molar-refractivity contribution is 4.83. The number of hydrogen-bond donors (Lipinski definition) is 2. The second-order valence-electron chi connectivity index (χ2n) is 4.73. The first-order chi connectivity index (χ1) is 6.11. The first-order valence-corrected chi connectivity index (χ1v) is 5.52. The summed E-state index contributed by atoms with van der Waals surface area (Å²) >= 11 is 0. The third kappa shape index (κ3) is 3.28. The van der Waals surface area contributed by atoms with Crippen molar-refractivity contribution in [3.8, 4) is 0 Å². The molecular weight excluding hydrogens is 162 g/mol. The highest BCUT2D eigenvalue weighted by Crippen LogP contribution is 2.19. The van der Waals surface area contributed by atoms with Gasteiger partial charge in [-0.05, 0) is 37.6 Å². The van der Waals surface area contributed by atoms with Gasteiger partial charge in [0.15, 0.2) is 0 Å². The van der Waals surface area contributed by atoms with E-state index in [1.54, 1.807) is 0 Å². The van der Waals surface area contributed by atoms with Gasteiger partial charge in [0, 0.05) is 6.04 Å². The van der Waals surface area contributed by atoms with Gasteiger partial charge in [-0.2, -0.15) is 0 Å². The molecule has 0 amide bonds. The summed E-state index contributed by atoms with van der Waals surface area (Å²) in [5.74, 6) is 1.43. The van der Waals surface area contributed by atoms with Crippen molar-refractivity contribution in [1.82, 2.24) is 5.32 Å². The molecule has 1 rings (SSSR count). The molecule has 1 fully saturated rings. The van der Waals surface area contributed by atoms with Gasteiger partial charge >= 0.3 is 0 Å². The Labute approximate surface area is 81.7 Å². The maximum absolute atomic E-state index is 9.58. The van der Waals surface area contributed by atoms with E-state index in [0.29, 0.717) is 12.0 Å². The Hall–Kier alpha value is -0.0800. The van der Waals surface area contributed by atoms with E-state index in [9.17, 15) is 5.11 Å². The summed E-state index contributed by atoms with van der Waals surface area (Å²) in [5.41, 5.74) is 0. The summed E-state index contributed by atoms with van der Waals surface area (Å²) in [7, 11) is 0. The fourth-order valence-corrected chi connectivity index (χ4v) is 1.75. The predicted octanol–water partition coefficient (Wildman–Crippen LogP) is 1.78. The van der Waals surface area contributed by atoms with E-state index in [1.807, 2.05) is 0 Å². The third-order valence-corrected chi connectivity index (χ3v) is 3.32. The van der Waals surface area contributed by atoms with Crippen LogP contribution in [0.2, 0.25) is 0 Å². The Morgan fingerprint density at radius 1 is 1.31 bits per heavy atom. The van der Waals surface area contributed by atoms with Crippen LogP contribution in [0, 0.1) is 11.8 Å². The molecule has 1 saturated carbocycles. The summed E-state index contributed by atoms with van der Waals surface area (Å²) < 4.78 is 0. The average molecular weight is 185 g/mol. The van der Waals surface area contributed by atoms with E-state index in [4.69, 9.17) is 0 Å². The van der Waals surface area contributed by atoms with Gasteiger partial charge in [0.2, 0.25) is 0 Å². The van der Waals surface area contributed by atoms with Crippen molar-refractivity contribution in [3.05, 3.63) is 0 Å². The van der Waals surface area contributed by atoms with E-state index in [2.05, 4.69) is 26.1 Å². The van der Waals surface area contributed by atoms with Gasteiger partial charge in [-0.1, -0.05) is 20.8 Å². The highest BCUT2D eigenvalue weighted by Gasteiger charge is 2.24. The van der Waals surface area contributed by atoms with Gasteiger partial charge in [0.1, 0.15) is 0 Å². The zero-order valence-corrected chi connectivity index (χ0v) is 9.09. The van der Waals surface area contributed by atoms with Crippen molar-refractivity contribution < 1.29 is 5.11 Å². The Bertz CT molecular complexity index is 147. The molecule has 1 aliphatic carbocycles. The summed E-state index contributed by atoms with van der Waals surface area (Å²) in [6.45, 7) is 7.80. The third-order valence-electron chi connectivity index (χ3n) is 3.32. The maximum atomic E-state index is 9.58. The molecule has 2 N–H and O–H groups in total. The molecule has 2 nitrogen and oxygen atoms in total. The van der Waals surface area contributed by atoms with Crippen LogP contribution in [0.3, 0.4) is 0 Å². The van der Waals surface area contributed by atoms with Crippen LogP contribution in [0.15, 0.2) is 0 Å². The molecule has 0 aromatic carbocycles. The highest BCUT2D eigenvalue weighted by atomic mass is 16.3. The van der Waals surface area contributed by atoms with Crippen molar-refractivity contribution >= 4 is 0 Å². The minimum absolute atomic E-state index is 0.0978. The van der Waals surface area contributed by atoms with Crippen LogP contribution in [-0.4, -0.2) is 23.8 Å². The number of hydrogen-bond acceptors (Lipinski definition) is 2. The fourth-order valence-electron chi connectivity index (χ4n) is 1.75. The lowest BCUT2D eigenvalue weighted by Gasteiger charge is -2.21. The Morgan fingerprint density at radius 2 is 2.00 bits per heavy atom. The molecule has 0 heterocycles. The van der Waals surface area contributed by atoms with Gasteiger partial charge in [0.25, 0.3) is 0 Å². The largest absolute Gasteiger partial charge is 0.392 e. The summed E-state index contributed by atoms with van der Waals surface area (Å²) in [4.78, 5) is 0. The van der Waals surface area contributed by atoms with Gasteiger partial charge in [-0.3, -0.25) is 0 Å². The number of rotatable bonds is 4. The monoisotopic (exact) mass is 185 g/mol. The number of aliphatic hydroxyl groups excluding tert-OH is 1. The second kappa shape index (κ2) is 4.97. The van der Waals surface area contributed by atoms with Crippen LogP contribution in [0.25, 0.3) is 0 Å². The Balaban J connectivity index is 2.18. The van der Waals surface area contributed by atoms with Crippen molar-refractivity contribution in [3.63, 3.8) is 0 Å². The Kier molecular flexibility index (Phi) is 4.20. The fraction of sp³-hybridized carbons (Fsp3) is 1.00. The first-order valence-electron chi connectivity index (χ1n) is 5.52. The topological polar surface area (TPSA) is 32.3 Å². The average Bonchev–Trinajstić information content (AvgIpc) is 2.47. The molecule has 0 aromatic rings. The van der Waals surface area contributed by atoms with Crippen molar-refractivity contribution in [2.45, 2.75) is 52.2 Å². The molecule has 0 radical (unpaired) electrons. The van der Waals surface area contributed by atoms with E-state index in [1.165, 1.54) is 6.42 Å². The zero-order chi connectivity index (χ0) is 9.84. The lowest BCUT2D eigenvalue weighted by Crippen LogP contribution is -2.38. The van der Waals surface area contributed by atoms with Crippen LogP contribution in [-0.2, 0) is 0 Å². The molecule has 13 heavy (non-hydrogen) atoms. The van der Waals surface area contributed by atoms with Crippen molar-refractivity contribution in [2.24, 2.45) is 11.8 Å². The first kappa shape index (κ1) is 11.0. The zero-order valence-electron chi connectivity index (χ0n) is 9.09. The molecule has 2 heteroatoms. The molecule has 0 bridgehead atoms. The van der Waals surface area contributed by atoms with Crippen LogP contribution < -0.4 is 5.32 Å². The van der Waals surface area contributed by atoms with Gasteiger partial charge in [0.05, 0.1) is 6.10 Å². The molecule has 1 aliphatic rings. The molecule has 3 atom stereocenters. The summed E-state index contributed by atoms with van der Waals surface area (Å²) in [5, 5.41) is 13.0. The molecule has 0 aromatic heterocycles. The molecule has 0 saturated heterocycles.